The lowest BCUT2D eigenvalue weighted by molar-refractivity contribution is 0.516. The minimum atomic E-state index is 1.11. The van der Waals surface area contributed by atoms with Gasteiger partial charge in [-0.1, -0.05) is 255 Å². The molecule has 0 aliphatic carbocycles. The van der Waals surface area contributed by atoms with Gasteiger partial charge >= 0.3 is 0 Å². The maximum absolute atomic E-state index is 4.50. The zero-order valence-corrected chi connectivity index (χ0v) is 34.6. The maximum Gasteiger partial charge on any atom is -0.0195 e. The zero-order chi connectivity index (χ0) is 35.4. The Morgan fingerprint density at radius 1 is 0.341 bits per heavy atom. The molecular formula is C43H99N. The van der Waals surface area contributed by atoms with E-state index < -0.39 is 0 Å². The van der Waals surface area contributed by atoms with E-state index in [1.165, 1.54) is 186 Å². The second-order valence-electron chi connectivity index (χ2n) is 11.5. The lowest BCUT2D eigenvalue weighted by atomic mass is 10.0. The molecule has 0 spiro atoms. The van der Waals surface area contributed by atoms with E-state index >= 15 is 0 Å². The Morgan fingerprint density at radius 3 is 0.500 bits per heavy atom. The molecule has 2 N–H and O–H groups in total. The molecule has 0 rings (SSSR count). The second-order valence-corrected chi connectivity index (χ2v) is 11.5. The Balaban J connectivity index is -0.000000143. The molecule has 0 radical (unpaired) electrons. The molecule has 0 fully saturated rings. The van der Waals surface area contributed by atoms with Crippen LogP contribution in [0.1, 0.15) is 263 Å². The Morgan fingerprint density at radius 2 is 0.432 bits per heavy atom. The molecule has 0 atom stereocenters. The summed E-state index contributed by atoms with van der Waals surface area (Å²) in [5.74, 6) is 0. The van der Waals surface area contributed by atoms with Crippen molar-refractivity contribution in [3.63, 3.8) is 0 Å². The van der Waals surface area contributed by atoms with Crippen molar-refractivity contribution in [2.45, 2.75) is 263 Å². The normalized spacial score (nSPS) is 9.05. The Labute approximate surface area is 287 Å². The molecule has 0 saturated heterocycles. The number of rotatable bonds is 26. The first kappa shape index (κ1) is 59.2. The van der Waals surface area contributed by atoms with Crippen LogP contribution in [0.2, 0.25) is 0 Å². The third-order valence-electron chi connectivity index (χ3n) is 7.06. The molecule has 0 unspecified atom stereocenters. The standard InChI is InChI=1S/C28H58.C5H10.C3H8.3C2H6.CH5N/c1-3-5-7-9-11-13-15-17-19-21-23-25-27-28-26-24-22-20-18-16-14-12-10-8-6-4-2;1-4-5(2)3;1-3-2;4*1-2/h3-28H2,1-2H3;2,4H2,1,3H3;3H2,1-2H3;3*1-2H3;2H2,1H3. The number of hydrogen-bond donors (Lipinski definition) is 1. The highest BCUT2D eigenvalue weighted by Gasteiger charge is 1.96. The van der Waals surface area contributed by atoms with E-state index in [0.29, 0.717) is 0 Å². The summed E-state index contributed by atoms with van der Waals surface area (Å²) in [4.78, 5) is 0. The molecule has 0 bridgehead atoms. The van der Waals surface area contributed by atoms with Crippen LogP contribution in [0.15, 0.2) is 12.2 Å². The highest BCUT2D eigenvalue weighted by molar-refractivity contribution is 4.84. The van der Waals surface area contributed by atoms with Crippen LogP contribution >= 0.6 is 0 Å². The van der Waals surface area contributed by atoms with Gasteiger partial charge in [-0.25, -0.2) is 0 Å². The van der Waals surface area contributed by atoms with E-state index in [4.69, 9.17) is 0 Å². The van der Waals surface area contributed by atoms with Gasteiger partial charge in [0.1, 0.15) is 0 Å². The van der Waals surface area contributed by atoms with Crippen molar-refractivity contribution in [3.05, 3.63) is 12.2 Å². The number of hydrogen-bond acceptors (Lipinski definition) is 1. The first-order valence-corrected chi connectivity index (χ1v) is 20.8. The largest absolute Gasteiger partial charge is 0.333 e. The third-order valence-corrected chi connectivity index (χ3v) is 7.06. The van der Waals surface area contributed by atoms with Crippen LogP contribution in [0.4, 0.5) is 0 Å². The molecule has 0 heterocycles. The average molecular weight is 630 g/mol. The van der Waals surface area contributed by atoms with E-state index in [0.717, 1.165) is 6.42 Å². The molecule has 0 aromatic rings. The first-order chi connectivity index (χ1) is 21.6. The van der Waals surface area contributed by atoms with E-state index in [-0.39, 0.29) is 0 Å². The Hall–Kier alpha value is -0.300. The van der Waals surface area contributed by atoms with E-state index in [1.807, 2.05) is 48.5 Å². The van der Waals surface area contributed by atoms with Crippen molar-refractivity contribution < 1.29 is 0 Å². The van der Waals surface area contributed by atoms with Crippen LogP contribution in [0.25, 0.3) is 0 Å². The van der Waals surface area contributed by atoms with Crippen molar-refractivity contribution in [1.29, 1.82) is 0 Å². The van der Waals surface area contributed by atoms with Crippen LogP contribution in [0.3, 0.4) is 0 Å². The van der Waals surface area contributed by atoms with Gasteiger partial charge in [0.15, 0.2) is 0 Å². The summed E-state index contributed by atoms with van der Waals surface area (Å²) >= 11 is 0. The Bertz CT molecular complexity index is 323. The van der Waals surface area contributed by atoms with Gasteiger partial charge in [0.2, 0.25) is 0 Å². The summed E-state index contributed by atoms with van der Waals surface area (Å²) in [7, 11) is 1.50. The van der Waals surface area contributed by atoms with E-state index in [9.17, 15) is 0 Å². The first-order valence-electron chi connectivity index (χ1n) is 20.8. The molecule has 0 aromatic carbocycles. The van der Waals surface area contributed by atoms with Crippen LogP contribution in [0.5, 0.6) is 0 Å². The monoisotopic (exact) mass is 630 g/mol. The zero-order valence-electron chi connectivity index (χ0n) is 34.6. The molecule has 0 saturated carbocycles. The summed E-state index contributed by atoms with van der Waals surface area (Å²) in [6.07, 6.45) is 40.8. The SMILES string of the molecule is C=C(C)CC.CC.CC.CC.CCC.CCCCCCCCCCCCCCCCCCCCCCCCCCCC.CN. The molecule has 276 valence electrons. The molecule has 1 heteroatoms. The van der Waals surface area contributed by atoms with Gasteiger partial charge < -0.3 is 5.73 Å². The molecular weight excluding hydrogens is 530 g/mol. The van der Waals surface area contributed by atoms with Gasteiger partial charge in [0.25, 0.3) is 0 Å². The second kappa shape index (κ2) is 78.8. The summed E-state index contributed by atoms with van der Waals surface area (Å²) in [6.45, 7) is 28.7. The van der Waals surface area contributed by atoms with Crippen molar-refractivity contribution in [2.75, 3.05) is 7.05 Å². The van der Waals surface area contributed by atoms with Crippen LogP contribution in [0, 0.1) is 0 Å². The third kappa shape index (κ3) is 96.9. The topological polar surface area (TPSA) is 26.0 Å². The van der Waals surface area contributed by atoms with Crippen LogP contribution in [-0.2, 0) is 0 Å². The fourth-order valence-electron chi connectivity index (χ4n) is 4.39. The minimum absolute atomic E-state index is 1.11. The highest BCUT2D eigenvalue weighted by atomic mass is 14.4. The predicted octanol–water partition coefficient (Wildman–Crippen LogP) is 17.2. The fourth-order valence-corrected chi connectivity index (χ4v) is 4.39. The molecule has 0 amide bonds. The van der Waals surface area contributed by atoms with Gasteiger partial charge in [0, 0.05) is 0 Å². The fraction of sp³-hybridized carbons (Fsp3) is 0.953. The maximum atomic E-state index is 4.50. The van der Waals surface area contributed by atoms with Crippen LogP contribution in [-0.4, -0.2) is 7.05 Å². The van der Waals surface area contributed by atoms with Gasteiger partial charge in [-0.05, 0) is 20.4 Å². The molecule has 0 aliphatic rings. The lowest BCUT2D eigenvalue weighted by Gasteiger charge is -2.04. The van der Waals surface area contributed by atoms with Crippen molar-refractivity contribution in [3.8, 4) is 0 Å². The predicted molar refractivity (Wildman–Crippen MR) is 217 cm³/mol. The van der Waals surface area contributed by atoms with Gasteiger partial charge in [-0.15, -0.1) is 6.58 Å². The van der Waals surface area contributed by atoms with Gasteiger partial charge in [-0.2, -0.15) is 0 Å². The van der Waals surface area contributed by atoms with Crippen molar-refractivity contribution in [1.82, 2.24) is 0 Å². The number of nitrogens with two attached hydrogens (primary N) is 1. The molecule has 0 aliphatic heterocycles. The van der Waals surface area contributed by atoms with Crippen molar-refractivity contribution >= 4 is 0 Å². The smallest absolute Gasteiger partial charge is 0.0195 e. The lowest BCUT2D eigenvalue weighted by Crippen LogP contribution is -1.84. The highest BCUT2D eigenvalue weighted by Crippen LogP contribution is 2.15. The minimum Gasteiger partial charge on any atom is -0.333 e. The number of unbranched alkanes of at least 4 members (excludes halogenated alkanes) is 25. The Kier molecular flexibility index (Phi) is 106. The summed E-state index contributed by atoms with van der Waals surface area (Å²) in [5, 5.41) is 0. The van der Waals surface area contributed by atoms with Gasteiger partial charge in [-0.3, -0.25) is 0 Å². The summed E-state index contributed by atoms with van der Waals surface area (Å²) in [6, 6.07) is 0. The quantitative estimate of drug-likeness (QED) is 0.0747. The summed E-state index contributed by atoms with van der Waals surface area (Å²) < 4.78 is 0. The van der Waals surface area contributed by atoms with Crippen LogP contribution < -0.4 is 5.73 Å². The molecule has 44 heavy (non-hydrogen) atoms. The molecule has 1 nitrogen and oxygen atoms in total. The average Bonchev–Trinajstić information content (AvgIpc) is 3.07. The van der Waals surface area contributed by atoms with E-state index in [1.54, 1.807) is 0 Å². The molecule has 0 aromatic heterocycles. The number of allylic oxidation sites excluding steroid dienone is 1. The van der Waals surface area contributed by atoms with Gasteiger partial charge in [0.05, 0.1) is 0 Å². The van der Waals surface area contributed by atoms with E-state index in [2.05, 4.69) is 46.9 Å². The van der Waals surface area contributed by atoms with Crippen molar-refractivity contribution in [2.24, 2.45) is 5.73 Å². The summed E-state index contributed by atoms with van der Waals surface area (Å²) in [5.41, 5.74) is 5.75.